The van der Waals surface area contributed by atoms with E-state index in [2.05, 4.69) is 14.1 Å². The molecule has 0 aromatic carbocycles. The second-order valence-electron chi connectivity index (χ2n) is 2.44. The van der Waals surface area contributed by atoms with Gasteiger partial charge in [-0.15, -0.1) is 9.24 Å². The Morgan fingerprint density at radius 2 is 2.00 bits per heavy atom. The van der Waals surface area contributed by atoms with E-state index in [0.717, 1.165) is 24.2 Å². The van der Waals surface area contributed by atoms with E-state index in [-0.39, 0.29) is 0 Å². The first kappa shape index (κ1) is 10.5. The number of hydrogen-bond donors (Lipinski definition) is 0. The second-order valence-corrected chi connectivity index (χ2v) is 4.71. The Morgan fingerprint density at radius 3 is 2.40 bits per heavy atom. The summed E-state index contributed by atoms with van der Waals surface area (Å²) in [6.07, 6.45) is 0.944. The highest BCUT2D eigenvalue weighted by atomic mass is 32.2. The van der Waals surface area contributed by atoms with Crippen LogP contribution in [-0.2, 0) is 10.8 Å². The average Bonchev–Trinajstić information content (AvgIpc) is 1.85. The third kappa shape index (κ3) is 6.66. The van der Waals surface area contributed by atoms with Gasteiger partial charge in [-0.3, -0.25) is 4.21 Å². The topological polar surface area (TPSA) is 20.3 Å². The molecule has 0 N–H and O–H groups in total. The first-order valence-electron chi connectivity index (χ1n) is 3.36. The molecule has 0 heterocycles. The van der Waals surface area contributed by atoms with Crippen molar-refractivity contribution in [3.63, 3.8) is 0 Å². The molecular formula is C6H16NOPS. The van der Waals surface area contributed by atoms with Gasteiger partial charge in [0, 0.05) is 28.9 Å². The first-order chi connectivity index (χ1) is 4.66. The molecule has 62 valence electrons. The molecule has 0 aliphatic rings. The quantitative estimate of drug-likeness (QED) is 0.564. The molecule has 0 saturated heterocycles. The summed E-state index contributed by atoms with van der Waals surface area (Å²) in [5, 5.41) is 0. The van der Waals surface area contributed by atoms with Gasteiger partial charge in [0.2, 0.25) is 0 Å². The summed E-state index contributed by atoms with van der Waals surface area (Å²) in [6, 6.07) is 0. The van der Waals surface area contributed by atoms with Crippen LogP contribution in [-0.4, -0.2) is 47.4 Å². The van der Waals surface area contributed by atoms with Crippen LogP contribution in [0.1, 0.15) is 0 Å². The number of rotatable bonds is 5. The van der Waals surface area contributed by atoms with Crippen LogP contribution < -0.4 is 0 Å². The van der Waals surface area contributed by atoms with Crippen molar-refractivity contribution in [1.29, 1.82) is 0 Å². The maximum absolute atomic E-state index is 11.0. The van der Waals surface area contributed by atoms with Crippen LogP contribution in [0.4, 0.5) is 0 Å². The van der Waals surface area contributed by atoms with E-state index in [0.29, 0.717) is 0 Å². The van der Waals surface area contributed by atoms with Gasteiger partial charge in [-0.2, -0.15) is 0 Å². The lowest BCUT2D eigenvalue weighted by Gasteiger charge is -2.07. The van der Waals surface area contributed by atoms with Gasteiger partial charge < -0.3 is 4.90 Å². The molecule has 10 heavy (non-hydrogen) atoms. The second kappa shape index (κ2) is 6.26. The van der Waals surface area contributed by atoms with Gasteiger partial charge in [0.05, 0.1) is 0 Å². The van der Waals surface area contributed by atoms with Crippen LogP contribution in [0.3, 0.4) is 0 Å². The zero-order valence-electron chi connectivity index (χ0n) is 6.67. The highest BCUT2D eigenvalue weighted by molar-refractivity contribution is 7.85. The Labute approximate surface area is 68.0 Å². The summed E-state index contributed by atoms with van der Waals surface area (Å²) in [5.41, 5.74) is 0. The molecule has 2 atom stereocenters. The summed E-state index contributed by atoms with van der Waals surface area (Å²) in [5.74, 6) is 1.62. The summed E-state index contributed by atoms with van der Waals surface area (Å²) in [4.78, 5) is 2.06. The Bertz CT molecular complexity index is 108. The van der Waals surface area contributed by atoms with E-state index in [1.165, 1.54) is 0 Å². The van der Waals surface area contributed by atoms with Crippen molar-refractivity contribution in [2.75, 3.05) is 38.3 Å². The van der Waals surface area contributed by atoms with E-state index < -0.39 is 10.8 Å². The number of nitrogens with zero attached hydrogens (tertiary/aromatic N) is 1. The van der Waals surface area contributed by atoms with E-state index in [4.69, 9.17) is 0 Å². The van der Waals surface area contributed by atoms with Crippen molar-refractivity contribution in [2.24, 2.45) is 0 Å². The van der Waals surface area contributed by atoms with Gasteiger partial charge in [0.15, 0.2) is 0 Å². The fourth-order valence-corrected chi connectivity index (χ4v) is 2.34. The van der Waals surface area contributed by atoms with Crippen molar-refractivity contribution in [2.45, 2.75) is 0 Å². The highest BCUT2D eigenvalue weighted by Gasteiger charge is 1.97. The molecule has 0 aliphatic carbocycles. The van der Waals surface area contributed by atoms with Crippen molar-refractivity contribution in [1.82, 2.24) is 4.90 Å². The lowest BCUT2D eigenvalue weighted by Crippen LogP contribution is -2.20. The fraction of sp³-hybridized carbons (Fsp3) is 1.00. The summed E-state index contributed by atoms with van der Waals surface area (Å²) >= 11 is 0. The van der Waals surface area contributed by atoms with E-state index in [1.807, 2.05) is 14.1 Å². The molecule has 0 bridgehead atoms. The molecule has 0 aromatic rings. The molecule has 0 fully saturated rings. The van der Waals surface area contributed by atoms with Crippen molar-refractivity contribution < 1.29 is 4.21 Å². The maximum Gasteiger partial charge on any atom is 0.0362 e. The van der Waals surface area contributed by atoms with E-state index in [1.54, 1.807) is 0 Å². The van der Waals surface area contributed by atoms with Crippen LogP contribution in [0, 0.1) is 0 Å². The molecule has 0 rings (SSSR count). The Hall–Kier alpha value is 0.540. The molecule has 2 unspecified atom stereocenters. The molecule has 0 radical (unpaired) electrons. The predicted molar refractivity (Wildman–Crippen MR) is 51.0 cm³/mol. The monoisotopic (exact) mass is 181 g/mol. The highest BCUT2D eigenvalue weighted by Crippen LogP contribution is 1.88. The van der Waals surface area contributed by atoms with Gasteiger partial charge in [-0.25, -0.2) is 0 Å². The molecule has 0 spiro atoms. The normalized spacial score (nSPS) is 14.0. The zero-order chi connectivity index (χ0) is 7.98. The van der Waals surface area contributed by atoms with Gasteiger partial charge in [0.1, 0.15) is 0 Å². The molecule has 2 nitrogen and oxygen atoms in total. The van der Waals surface area contributed by atoms with Gasteiger partial charge >= 0.3 is 0 Å². The summed E-state index contributed by atoms with van der Waals surface area (Å²) in [6.45, 7) is 0.928. The minimum Gasteiger partial charge on any atom is -0.308 e. The van der Waals surface area contributed by atoms with E-state index >= 15 is 0 Å². The Morgan fingerprint density at radius 1 is 1.40 bits per heavy atom. The van der Waals surface area contributed by atoms with E-state index in [9.17, 15) is 4.21 Å². The third-order valence-electron chi connectivity index (χ3n) is 1.11. The van der Waals surface area contributed by atoms with Crippen LogP contribution in [0.25, 0.3) is 0 Å². The molecule has 0 amide bonds. The van der Waals surface area contributed by atoms with Crippen molar-refractivity contribution in [3.8, 4) is 0 Å². The number of hydrogen-bond acceptors (Lipinski definition) is 2. The van der Waals surface area contributed by atoms with Crippen molar-refractivity contribution >= 4 is 20.0 Å². The molecule has 0 aromatic heterocycles. The summed E-state index contributed by atoms with van der Waals surface area (Å²) in [7, 11) is 5.98. The van der Waals surface area contributed by atoms with Crippen LogP contribution in [0.5, 0.6) is 0 Å². The largest absolute Gasteiger partial charge is 0.308 e. The fourth-order valence-electron chi connectivity index (χ4n) is 0.518. The zero-order valence-corrected chi connectivity index (χ0v) is 8.64. The smallest absolute Gasteiger partial charge is 0.0362 e. The minimum atomic E-state index is -0.603. The lowest BCUT2D eigenvalue weighted by molar-refractivity contribution is 0.435. The molecule has 4 heteroatoms. The van der Waals surface area contributed by atoms with Crippen LogP contribution in [0.2, 0.25) is 0 Å². The Kier molecular flexibility index (Phi) is 6.60. The van der Waals surface area contributed by atoms with Gasteiger partial charge in [0.25, 0.3) is 0 Å². The predicted octanol–water partition coefficient (Wildman–Crippen LogP) is 0.172. The molecule has 0 aliphatic heterocycles. The van der Waals surface area contributed by atoms with Crippen LogP contribution in [0.15, 0.2) is 0 Å². The molecule has 0 saturated carbocycles. The van der Waals surface area contributed by atoms with Gasteiger partial charge in [-0.1, -0.05) is 0 Å². The summed E-state index contributed by atoms with van der Waals surface area (Å²) < 4.78 is 11.0. The third-order valence-corrected chi connectivity index (χ3v) is 3.15. The SMILES string of the molecule is CN(C)CCS(=O)CCP. The maximum atomic E-state index is 11.0. The Balaban J connectivity index is 3.22. The molecular weight excluding hydrogens is 165 g/mol. The van der Waals surface area contributed by atoms with Gasteiger partial charge in [-0.05, 0) is 20.3 Å². The first-order valence-corrected chi connectivity index (χ1v) is 5.67. The minimum absolute atomic E-state index is 0.603. The van der Waals surface area contributed by atoms with Crippen molar-refractivity contribution in [3.05, 3.63) is 0 Å². The lowest BCUT2D eigenvalue weighted by atomic mass is 10.7. The average molecular weight is 181 g/mol. The standard InChI is InChI=1S/C6H16NOPS/c1-7(2)3-5-10(8)6-4-9/h3-6,9H2,1-2H3. The van der Waals surface area contributed by atoms with Crippen LogP contribution >= 0.6 is 9.24 Å².